The maximum atomic E-state index is 5.38. The first kappa shape index (κ1) is 13.9. The second-order valence-electron chi connectivity index (χ2n) is 5.63. The summed E-state index contributed by atoms with van der Waals surface area (Å²) in [7, 11) is 4.35. The first-order chi connectivity index (χ1) is 7.59. The van der Waals surface area contributed by atoms with Crippen molar-refractivity contribution in [1.82, 2.24) is 10.2 Å². The smallest absolute Gasteiger partial charge is 0.0507 e. The molecule has 1 fully saturated rings. The lowest BCUT2D eigenvalue weighted by atomic mass is 10.0. The molecule has 1 heterocycles. The lowest BCUT2D eigenvalue weighted by Crippen LogP contribution is -2.40. The molecule has 1 rings (SSSR count). The molecule has 2 atom stereocenters. The van der Waals surface area contributed by atoms with Crippen molar-refractivity contribution in [3.8, 4) is 0 Å². The number of nitrogens with one attached hydrogen (secondary N) is 1. The van der Waals surface area contributed by atoms with Gasteiger partial charge in [-0.3, -0.25) is 0 Å². The SMILES string of the molecule is CC(C)CC(CNCC1CCOC1)N(C)C. The van der Waals surface area contributed by atoms with Crippen molar-refractivity contribution in [1.29, 1.82) is 0 Å². The molecule has 0 aliphatic carbocycles. The second kappa shape index (κ2) is 7.25. The minimum Gasteiger partial charge on any atom is -0.381 e. The Kier molecular flexibility index (Phi) is 6.32. The van der Waals surface area contributed by atoms with Gasteiger partial charge in [0.25, 0.3) is 0 Å². The van der Waals surface area contributed by atoms with Crippen molar-refractivity contribution in [2.75, 3.05) is 40.4 Å². The fourth-order valence-corrected chi connectivity index (χ4v) is 2.22. The zero-order chi connectivity index (χ0) is 12.0. The van der Waals surface area contributed by atoms with Gasteiger partial charge in [0.1, 0.15) is 0 Å². The molecule has 1 aliphatic heterocycles. The van der Waals surface area contributed by atoms with Crippen molar-refractivity contribution in [3.63, 3.8) is 0 Å². The second-order valence-corrected chi connectivity index (χ2v) is 5.63. The van der Waals surface area contributed by atoms with Gasteiger partial charge in [-0.25, -0.2) is 0 Å². The van der Waals surface area contributed by atoms with E-state index in [4.69, 9.17) is 4.74 Å². The van der Waals surface area contributed by atoms with Crippen molar-refractivity contribution in [2.45, 2.75) is 32.7 Å². The fraction of sp³-hybridized carbons (Fsp3) is 1.00. The van der Waals surface area contributed by atoms with E-state index in [9.17, 15) is 0 Å². The van der Waals surface area contributed by atoms with Gasteiger partial charge < -0.3 is 15.0 Å². The summed E-state index contributed by atoms with van der Waals surface area (Å²) in [4.78, 5) is 2.33. The average Bonchev–Trinajstić information content (AvgIpc) is 2.68. The zero-order valence-corrected chi connectivity index (χ0v) is 11.3. The largest absolute Gasteiger partial charge is 0.381 e. The van der Waals surface area contributed by atoms with Gasteiger partial charge in [0.05, 0.1) is 6.61 Å². The summed E-state index contributed by atoms with van der Waals surface area (Å²) in [6, 6.07) is 0.655. The van der Waals surface area contributed by atoms with E-state index in [2.05, 4.69) is 38.2 Å². The molecule has 0 bridgehead atoms. The van der Waals surface area contributed by atoms with E-state index >= 15 is 0 Å². The summed E-state index contributed by atoms with van der Waals surface area (Å²) in [5.74, 6) is 1.51. The Morgan fingerprint density at radius 1 is 1.38 bits per heavy atom. The van der Waals surface area contributed by atoms with Gasteiger partial charge in [-0.15, -0.1) is 0 Å². The summed E-state index contributed by atoms with van der Waals surface area (Å²) >= 11 is 0. The van der Waals surface area contributed by atoms with Crippen LogP contribution in [0.3, 0.4) is 0 Å². The van der Waals surface area contributed by atoms with Crippen LogP contribution in [0.2, 0.25) is 0 Å². The highest BCUT2D eigenvalue weighted by Crippen LogP contribution is 2.11. The predicted molar refractivity (Wildman–Crippen MR) is 68.7 cm³/mol. The number of nitrogens with zero attached hydrogens (tertiary/aromatic N) is 1. The standard InChI is InChI=1S/C13H28N2O/c1-11(2)7-13(15(3)4)9-14-8-12-5-6-16-10-12/h11-14H,5-10H2,1-4H3. The Hall–Kier alpha value is -0.120. The van der Waals surface area contributed by atoms with Crippen LogP contribution in [0.25, 0.3) is 0 Å². The fourth-order valence-electron chi connectivity index (χ4n) is 2.22. The van der Waals surface area contributed by atoms with E-state index < -0.39 is 0 Å². The summed E-state index contributed by atoms with van der Waals surface area (Å²) in [5, 5.41) is 3.59. The van der Waals surface area contributed by atoms with E-state index in [0.717, 1.165) is 38.1 Å². The highest BCUT2D eigenvalue weighted by Gasteiger charge is 2.17. The minimum atomic E-state index is 0.655. The van der Waals surface area contributed by atoms with Gasteiger partial charge in [-0.1, -0.05) is 13.8 Å². The molecule has 3 nitrogen and oxygen atoms in total. The van der Waals surface area contributed by atoms with Crippen LogP contribution in [0.4, 0.5) is 0 Å². The Balaban J connectivity index is 2.15. The van der Waals surface area contributed by atoms with E-state index in [1.54, 1.807) is 0 Å². The molecule has 96 valence electrons. The molecule has 0 amide bonds. The molecule has 1 saturated heterocycles. The van der Waals surface area contributed by atoms with Gasteiger partial charge in [0, 0.05) is 25.7 Å². The monoisotopic (exact) mass is 228 g/mol. The van der Waals surface area contributed by atoms with E-state index in [1.807, 2.05) is 0 Å². The summed E-state index contributed by atoms with van der Waals surface area (Å²) in [6.45, 7) is 8.70. The van der Waals surface area contributed by atoms with Crippen LogP contribution in [0.1, 0.15) is 26.7 Å². The number of likely N-dealkylation sites (N-methyl/N-ethyl adjacent to an activating group) is 1. The maximum Gasteiger partial charge on any atom is 0.0507 e. The molecule has 2 unspecified atom stereocenters. The molecule has 3 heteroatoms. The molecule has 0 spiro atoms. The highest BCUT2D eigenvalue weighted by molar-refractivity contribution is 4.73. The molecule has 0 saturated carbocycles. The number of hydrogen-bond acceptors (Lipinski definition) is 3. The van der Waals surface area contributed by atoms with Crippen LogP contribution in [0.15, 0.2) is 0 Å². The van der Waals surface area contributed by atoms with Crippen LogP contribution in [0.5, 0.6) is 0 Å². The van der Waals surface area contributed by atoms with Crippen LogP contribution in [-0.2, 0) is 4.74 Å². The van der Waals surface area contributed by atoms with Gasteiger partial charge in [-0.05, 0) is 38.8 Å². The van der Waals surface area contributed by atoms with Gasteiger partial charge in [0.15, 0.2) is 0 Å². The Morgan fingerprint density at radius 3 is 2.62 bits per heavy atom. The van der Waals surface area contributed by atoms with Gasteiger partial charge in [0.2, 0.25) is 0 Å². The lowest BCUT2D eigenvalue weighted by molar-refractivity contribution is 0.183. The molecule has 0 aromatic rings. The third-order valence-corrected chi connectivity index (χ3v) is 3.31. The van der Waals surface area contributed by atoms with E-state index in [1.165, 1.54) is 12.8 Å². The van der Waals surface area contributed by atoms with Crippen molar-refractivity contribution in [3.05, 3.63) is 0 Å². The van der Waals surface area contributed by atoms with Crippen LogP contribution in [0, 0.1) is 11.8 Å². The summed E-state index contributed by atoms with van der Waals surface area (Å²) in [5.41, 5.74) is 0. The molecule has 1 N–H and O–H groups in total. The van der Waals surface area contributed by atoms with Crippen LogP contribution >= 0.6 is 0 Å². The molecular formula is C13H28N2O. The highest BCUT2D eigenvalue weighted by atomic mass is 16.5. The third-order valence-electron chi connectivity index (χ3n) is 3.31. The minimum absolute atomic E-state index is 0.655. The number of rotatable bonds is 7. The topological polar surface area (TPSA) is 24.5 Å². The van der Waals surface area contributed by atoms with Crippen molar-refractivity contribution < 1.29 is 4.74 Å². The van der Waals surface area contributed by atoms with E-state index in [0.29, 0.717) is 6.04 Å². The lowest BCUT2D eigenvalue weighted by Gasteiger charge is -2.26. The molecule has 16 heavy (non-hydrogen) atoms. The first-order valence-corrected chi connectivity index (χ1v) is 6.54. The van der Waals surface area contributed by atoms with Crippen LogP contribution in [-0.4, -0.2) is 51.3 Å². The quantitative estimate of drug-likeness (QED) is 0.716. The summed E-state index contributed by atoms with van der Waals surface area (Å²) < 4.78 is 5.38. The third kappa shape index (κ3) is 5.28. The van der Waals surface area contributed by atoms with Gasteiger partial charge >= 0.3 is 0 Å². The first-order valence-electron chi connectivity index (χ1n) is 6.54. The van der Waals surface area contributed by atoms with Crippen molar-refractivity contribution in [2.24, 2.45) is 11.8 Å². The zero-order valence-electron chi connectivity index (χ0n) is 11.3. The number of hydrogen-bond donors (Lipinski definition) is 1. The molecule has 0 aromatic heterocycles. The predicted octanol–water partition coefficient (Wildman–Crippen LogP) is 1.59. The molecule has 0 aromatic carbocycles. The molecular weight excluding hydrogens is 200 g/mol. The Morgan fingerprint density at radius 2 is 2.12 bits per heavy atom. The number of ether oxygens (including phenoxy) is 1. The molecule has 0 radical (unpaired) electrons. The molecule has 1 aliphatic rings. The summed E-state index contributed by atoms with van der Waals surface area (Å²) in [6.07, 6.45) is 2.49. The van der Waals surface area contributed by atoms with Crippen LogP contribution < -0.4 is 5.32 Å². The Labute approximate surface area is 101 Å². The normalized spacial score (nSPS) is 23.2. The average molecular weight is 228 g/mol. The van der Waals surface area contributed by atoms with E-state index in [-0.39, 0.29) is 0 Å². The maximum absolute atomic E-state index is 5.38. The Bertz CT molecular complexity index is 177. The van der Waals surface area contributed by atoms with Gasteiger partial charge in [-0.2, -0.15) is 0 Å². The van der Waals surface area contributed by atoms with Crippen molar-refractivity contribution >= 4 is 0 Å².